The number of carbonyl (C=O) groups is 1. The second-order valence-electron chi connectivity index (χ2n) is 5.98. The molecule has 0 aliphatic heterocycles. The van der Waals surface area contributed by atoms with Crippen LogP contribution in [0.3, 0.4) is 0 Å². The summed E-state index contributed by atoms with van der Waals surface area (Å²) in [6.45, 7) is 5.44. The first-order chi connectivity index (χ1) is 12.9. The first-order valence-corrected chi connectivity index (χ1v) is 8.75. The highest BCUT2D eigenvalue weighted by atomic mass is 35.5. The number of urea groups is 1. The summed E-state index contributed by atoms with van der Waals surface area (Å²) in [5.74, 6) is 0.611. The Bertz CT molecular complexity index is 1060. The van der Waals surface area contributed by atoms with Crippen LogP contribution in [0.4, 0.5) is 16.3 Å². The maximum atomic E-state index is 12.3. The van der Waals surface area contributed by atoms with E-state index in [1.807, 2.05) is 6.92 Å². The zero-order chi connectivity index (χ0) is 19.6. The maximum Gasteiger partial charge on any atom is 0.324 e. The molecule has 27 heavy (non-hydrogen) atoms. The molecule has 2 heterocycles. The molecule has 0 bridgehead atoms. The summed E-state index contributed by atoms with van der Waals surface area (Å²) in [6.07, 6.45) is 0.583. The number of anilines is 2. The Labute approximate surface area is 160 Å². The SMILES string of the molecule is CCc1c(C)nc(-n2nc(C)cc2NC(=O)Nc2cccc(Cl)c2)[nH]c1=O. The van der Waals surface area contributed by atoms with E-state index in [1.54, 1.807) is 44.2 Å². The van der Waals surface area contributed by atoms with Crippen LogP contribution in [-0.4, -0.2) is 25.8 Å². The van der Waals surface area contributed by atoms with Gasteiger partial charge in [0, 0.05) is 28.0 Å². The molecule has 0 saturated carbocycles. The molecule has 0 spiro atoms. The highest BCUT2D eigenvalue weighted by Crippen LogP contribution is 2.17. The molecule has 8 nitrogen and oxygen atoms in total. The summed E-state index contributed by atoms with van der Waals surface area (Å²) in [5, 5.41) is 10.2. The van der Waals surface area contributed by atoms with Crippen LogP contribution in [0.5, 0.6) is 0 Å². The minimum Gasteiger partial charge on any atom is -0.308 e. The van der Waals surface area contributed by atoms with Crippen LogP contribution in [0.15, 0.2) is 35.1 Å². The molecule has 0 radical (unpaired) electrons. The summed E-state index contributed by atoms with van der Waals surface area (Å²) < 4.78 is 1.39. The number of aromatic amines is 1. The van der Waals surface area contributed by atoms with Gasteiger partial charge in [-0.1, -0.05) is 24.6 Å². The molecular weight excluding hydrogens is 368 g/mol. The quantitative estimate of drug-likeness (QED) is 0.638. The molecule has 2 aromatic heterocycles. The zero-order valence-corrected chi connectivity index (χ0v) is 15.9. The number of H-pyrrole nitrogens is 1. The van der Waals surface area contributed by atoms with Gasteiger partial charge < -0.3 is 5.32 Å². The molecule has 0 fully saturated rings. The maximum absolute atomic E-state index is 12.3. The van der Waals surface area contributed by atoms with Gasteiger partial charge in [0.15, 0.2) is 0 Å². The van der Waals surface area contributed by atoms with Crippen molar-refractivity contribution in [3.8, 4) is 5.95 Å². The number of aromatic nitrogens is 4. The lowest BCUT2D eigenvalue weighted by atomic mass is 10.2. The van der Waals surface area contributed by atoms with E-state index in [4.69, 9.17) is 11.6 Å². The van der Waals surface area contributed by atoms with Crippen molar-refractivity contribution >= 4 is 29.1 Å². The predicted molar refractivity (Wildman–Crippen MR) is 105 cm³/mol. The topological polar surface area (TPSA) is 105 Å². The van der Waals surface area contributed by atoms with E-state index < -0.39 is 6.03 Å². The van der Waals surface area contributed by atoms with Crippen LogP contribution >= 0.6 is 11.6 Å². The molecule has 140 valence electrons. The second-order valence-corrected chi connectivity index (χ2v) is 6.42. The van der Waals surface area contributed by atoms with Crippen molar-refractivity contribution in [1.29, 1.82) is 0 Å². The minimum atomic E-state index is -0.470. The van der Waals surface area contributed by atoms with Crippen LogP contribution in [0.25, 0.3) is 5.95 Å². The Kier molecular flexibility index (Phi) is 5.27. The summed E-state index contributed by atoms with van der Waals surface area (Å²) >= 11 is 5.92. The molecule has 9 heteroatoms. The van der Waals surface area contributed by atoms with E-state index in [-0.39, 0.29) is 11.5 Å². The highest BCUT2D eigenvalue weighted by Gasteiger charge is 2.15. The van der Waals surface area contributed by atoms with Gasteiger partial charge in [-0.15, -0.1) is 0 Å². The van der Waals surface area contributed by atoms with Crippen LogP contribution in [-0.2, 0) is 6.42 Å². The standard InChI is InChI=1S/C18H19ClN6O2/c1-4-14-11(3)20-17(23-16(14)26)25-15(8-10(2)24-25)22-18(27)21-13-7-5-6-12(19)9-13/h5-9H,4H2,1-3H3,(H,20,23,26)(H2,21,22,27). The van der Waals surface area contributed by atoms with E-state index in [0.717, 1.165) is 0 Å². The molecule has 0 atom stereocenters. The third-order valence-electron chi connectivity index (χ3n) is 3.92. The third-order valence-corrected chi connectivity index (χ3v) is 4.15. The molecule has 2 amide bonds. The summed E-state index contributed by atoms with van der Waals surface area (Å²) in [4.78, 5) is 31.7. The summed E-state index contributed by atoms with van der Waals surface area (Å²) in [6, 6.07) is 8.02. The predicted octanol–water partition coefficient (Wildman–Crippen LogP) is 3.43. The van der Waals surface area contributed by atoms with Crippen LogP contribution < -0.4 is 16.2 Å². The minimum absolute atomic E-state index is 0.220. The Morgan fingerprint density at radius 3 is 2.70 bits per heavy atom. The smallest absolute Gasteiger partial charge is 0.308 e. The van der Waals surface area contributed by atoms with Crippen LogP contribution in [0.2, 0.25) is 5.02 Å². The van der Waals surface area contributed by atoms with Crippen molar-refractivity contribution in [2.45, 2.75) is 27.2 Å². The van der Waals surface area contributed by atoms with Gasteiger partial charge in [0.05, 0.1) is 5.69 Å². The Hall–Kier alpha value is -3.13. The first kappa shape index (κ1) is 18.7. The first-order valence-electron chi connectivity index (χ1n) is 8.37. The number of hydrogen-bond donors (Lipinski definition) is 3. The number of halogens is 1. The lowest BCUT2D eigenvalue weighted by Gasteiger charge is -2.11. The zero-order valence-electron chi connectivity index (χ0n) is 15.1. The molecule has 3 rings (SSSR count). The van der Waals surface area contributed by atoms with Crippen molar-refractivity contribution in [3.63, 3.8) is 0 Å². The van der Waals surface area contributed by atoms with E-state index >= 15 is 0 Å². The van der Waals surface area contributed by atoms with E-state index in [9.17, 15) is 9.59 Å². The van der Waals surface area contributed by atoms with E-state index in [1.165, 1.54) is 4.68 Å². The van der Waals surface area contributed by atoms with Crippen LogP contribution in [0.1, 0.15) is 23.9 Å². The Balaban J connectivity index is 1.88. The number of nitrogens with one attached hydrogen (secondary N) is 3. The molecular formula is C18H19ClN6O2. The summed E-state index contributed by atoms with van der Waals surface area (Å²) in [5.41, 5.74) is 2.24. The van der Waals surface area contributed by atoms with Crippen molar-refractivity contribution < 1.29 is 4.79 Å². The molecule has 0 unspecified atom stereocenters. The van der Waals surface area contributed by atoms with E-state index in [2.05, 4.69) is 25.7 Å². The third kappa shape index (κ3) is 4.17. The Morgan fingerprint density at radius 1 is 1.26 bits per heavy atom. The fourth-order valence-corrected chi connectivity index (χ4v) is 2.90. The summed E-state index contributed by atoms with van der Waals surface area (Å²) in [7, 11) is 0. The highest BCUT2D eigenvalue weighted by molar-refractivity contribution is 6.30. The van der Waals surface area contributed by atoms with Gasteiger partial charge in [0.1, 0.15) is 5.82 Å². The number of aryl methyl sites for hydroxylation is 2. The monoisotopic (exact) mass is 386 g/mol. The fraction of sp³-hybridized carbons (Fsp3) is 0.222. The molecule has 0 aliphatic rings. The molecule has 0 saturated heterocycles. The molecule has 3 aromatic rings. The Morgan fingerprint density at radius 2 is 2.04 bits per heavy atom. The van der Waals surface area contributed by atoms with Crippen molar-refractivity contribution in [2.75, 3.05) is 10.6 Å². The lowest BCUT2D eigenvalue weighted by Crippen LogP contribution is -2.24. The van der Waals surface area contributed by atoms with Gasteiger partial charge in [-0.3, -0.25) is 15.1 Å². The molecule has 3 N–H and O–H groups in total. The van der Waals surface area contributed by atoms with Crippen molar-refractivity contribution in [3.05, 3.63) is 62.7 Å². The van der Waals surface area contributed by atoms with Gasteiger partial charge in [-0.05, 0) is 38.5 Å². The van der Waals surface area contributed by atoms with Gasteiger partial charge in [0.25, 0.3) is 5.56 Å². The van der Waals surface area contributed by atoms with Gasteiger partial charge >= 0.3 is 6.03 Å². The number of rotatable bonds is 4. The number of benzene rings is 1. The second kappa shape index (κ2) is 7.63. The number of amides is 2. The molecule has 0 aliphatic carbocycles. The number of carbonyl (C=O) groups excluding carboxylic acids is 1. The van der Waals surface area contributed by atoms with Gasteiger partial charge in [-0.2, -0.15) is 9.78 Å². The average molecular weight is 387 g/mol. The van der Waals surface area contributed by atoms with E-state index in [0.29, 0.717) is 39.9 Å². The fourth-order valence-electron chi connectivity index (χ4n) is 2.71. The normalized spacial score (nSPS) is 10.7. The van der Waals surface area contributed by atoms with Crippen molar-refractivity contribution in [1.82, 2.24) is 19.7 Å². The largest absolute Gasteiger partial charge is 0.324 e. The van der Waals surface area contributed by atoms with Gasteiger partial charge in [0.2, 0.25) is 5.95 Å². The number of hydrogen-bond acceptors (Lipinski definition) is 4. The lowest BCUT2D eigenvalue weighted by molar-refractivity contribution is 0.262. The number of nitrogens with zero attached hydrogens (tertiary/aromatic N) is 3. The van der Waals surface area contributed by atoms with Crippen molar-refractivity contribution in [2.24, 2.45) is 0 Å². The van der Waals surface area contributed by atoms with Gasteiger partial charge in [-0.25, -0.2) is 9.78 Å². The van der Waals surface area contributed by atoms with Crippen LogP contribution in [0, 0.1) is 13.8 Å². The average Bonchev–Trinajstić information content (AvgIpc) is 2.94. The molecule has 1 aromatic carbocycles.